The van der Waals surface area contributed by atoms with Crippen molar-refractivity contribution in [3.05, 3.63) is 35.2 Å². The summed E-state index contributed by atoms with van der Waals surface area (Å²) < 4.78 is 7.18. The molecule has 5 nitrogen and oxygen atoms in total. The van der Waals surface area contributed by atoms with Crippen molar-refractivity contribution in [2.45, 2.75) is 19.8 Å². The third kappa shape index (κ3) is 1.64. The van der Waals surface area contributed by atoms with Crippen molar-refractivity contribution in [2.75, 3.05) is 0 Å². The van der Waals surface area contributed by atoms with Gasteiger partial charge in [0.05, 0.1) is 13.2 Å². The first kappa shape index (κ1) is 10.4. The molecule has 0 unspecified atom stereocenters. The summed E-state index contributed by atoms with van der Waals surface area (Å²) in [5.74, 6) is 1.33. The van der Waals surface area contributed by atoms with Gasteiger partial charge in [0.15, 0.2) is 11.6 Å². The lowest BCUT2D eigenvalue weighted by molar-refractivity contribution is 0.134. The van der Waals surface area contributed by atoms with Gasteiger partial charge in [0, 0.05) is 12.6 Å². The van der Waals surface area contributed by atoms with Gasteiger partial charge in [0.1, 0.15) is 6.61 Å². The quantitative estimate of drug-likeness (QED) is 0.837. The van der Waals surface area contributed by atoms with Gasteiger partial charge in [-0.3, -0.25) is 0 Å². The second-order valence-electron chi connectivity index (χ2n) is 4.13. The highest BCUT2D eigenvalue weighted by molar-refractivity contribution is 5.58. The van der Waals surface area contributed by atoms with Gasteiger partial charge < -0.3 is 14.4 Å². The Bertz CT molecular complexity index is 563. The van der Waals surface area contributed by atoms with E-state index in [-0.39, 0.29) is 6.61 Å². The lowest BCUT2D eigenvalue weighted by atomic mass is 10.1. The third-order valence-electron chi connectivity index (χ3n) is 3.09. The van der Waals surface area contributed by atoms with Crippen LogP contribution in [-0.4, -0.2) is 19.9 Å². The minimum absolute atomic E-state index is 0.0997. The number of rotatable bonds is 2. The molecule has 0 radical (unpaired) electrons. The van der Waals surface area contributed by atoms with Crippen LogP contribution in [-0.2, 0) is 31.6 Å². The fourth-order valence-electron chi connectivity index (χ4n) is 2.06. The third-order valence-corrected chi connectivity index (χ3v) is 3.09. The number of hydrogen-bond acceptors (Lipinski definition) is 4. The second-order valence-corrected chi connectivity index (χ2v) is 4.13. The number of aliphatic hydroxyl groups excluding tert-OH is 1. The van der Waals surface area contributed by atoms with E-state index in [1.165, 1.54) is 11.1 Å². The van der Waals surface area contributed by atoms with E-state index in [4.69, 9.17) is 9.84 Å². The summed E-state index contributed by atoms with van der Waals surface area (Å²) in [6.07, 6.45) is 0. The molecule has 0 bridgehead atoms. The van der Waals surface area contributed by atoms with Gasteiger partial charge in [-0.1, -0.05) is 12.1 Å². The molecule has 88 valence electrons. The minimum atomic E-state index is -0.0997. The van der Waals surface area contributed by atoms with Gasteiger partial charge in [-0.2, -0.15) is 0 Å². The van der Waals surface area contributed by atoms with E-state index in [9.17, 15) is 0 Å². The SMILES string of the molecule is Cn1c(CO)nnc1-c1ccc2c(c1)COC2. The average Bonchev–Trinajstić information content (AvgIpc) is 2.94. The van der Waals surface area contributed by atoms with Crippen LogP contribution in [0.1, 0.15) is 17.0 Å². The number of hydrogen-bond donors (Lipinski definition) is 1. The maximum Gasteiger partial charge on any atom is 0.163 e. The molecule has 0 spiro atoms. The molecule has 5 heteroatoms. The molecule has 0 saturated carbocycles. The minimum Gasteiger partial charge on any atom is -0.388 e. The Morgan fingerprint density at radius 3 is 2.88 bits per heavy atom. The molecule has 1 N–H and O–H groups in total. The van der Waals surface area contributed by atoms with Crippen molar-refractivity contribution in [3.8, 4) is 11.4 Å². The first-order chi connectivity index (χ1) is 8.29. The lowest BCUT2D eigenvalue weighted by Crippen LogP contribution is -1.99. The van der Waals surface area contributed by atoms with Crippen LogP contribution in [0.5, 0.6) is 0 Å². The molecule has 1 aromatic heterocycles. The first-order valence-corrected chi connectivity index (χ1v) is 5.48. The summed E-state index contributed by atoms with van der Waals surface area (Å²) in [5.41, 5.74) is 3.44. The van der Waals surface area contributed by atoms with Crippen molar-refractivity contribution >= 4 is 0 Å². The highest BCUT2D eigenvalue weighted by Gasteiger charge is 2.15. The average molecular weight is 231 g/mol. The van der Waals surface area contributed by atoms with E-state index < -0.39 is 0 Å². The zero-order chi connectivity index (χ0) is 11.8. The number of fused-ring (bicyclic) bond motifs is 1. The summed E-state index contributed by atoms with van der Waals surface area (Å²) in [6.45, 7) is 1.25. The van der Waals surface area contributed by atoms with Gasteiger partial charge >= 0.3 is 0 Å². The zero-order valence-electron chi connectivity index (χ0n) is 9.55. The Hall–Kier alpha value is -1.72. The monoisotopic (exact) mass is 231 g/mol. The van der Waals surface area contributed by atoms with Gasteiger partial charge in [-0.15, -0.1) is 10.2 Å². The maximum atomic E-state index is 9.09. The van der Waals surface area contributed by atoms with Crippen LogP contribution in [0.25, 0.3) is 11.4 Å². The van der Waals surface area contributed by atoms with E-state index in [1.807, 2.05) is 13.1 Å². The van der Waals surface area contributed by atoms with Crippen LogP contribution in [0, 0.1) is 0 Å². The summed E-state index contributed by atoms with van der Waals surface area (Å²) in [7, 11) is 1.85. The van der Waals surface area contributed by atoms with Crippen molar-refractivity contribution in [2.24, 2.45) is 7.05 Å². The Kier molecular flexibility index (Phi) is 2.42. The number of nitrogens with zero attached hydrogens (tertiary/aromatic N) is 3. The predicted octanol–water partition coefficient (Wildman–Crippen LogP) is 1.00. The molecule has 0 amide bonds. The van der Waals surface area contributed by atoms with E-state index in [0.717, 1.165) is 11.4 Å². The smallest absolute Gasteiger partial charge is 0.163 e. The van der Waals surface area contributed by atoms with E-state index in [1.54, 1.807) is 4.57 Å². The number of benzene rings is 1. The summed E-state index contributed by atoms with van der Waals surface area (Å²) in [6, 6.07) is 6.15. The fourth-order valence-corrected chi connectivity index (χ4v) is 2.06. The van der Waals surface area contributed by atoms with Crippen LogP contribution >= 0.6 is 0 Å². The molecule has 1 aromatic carbocycles. The largest absolute Gasteiger partial charge is 0.388 e. The Morgan fingerprint density at radius 2 is 2.12 bits per heavy atom. The summed E-state index contributed by atoms with van der Waals surface area (Å²) in [4.78, 5) is 0. The second kappa shape index (κ2) is 3.94. The van der Waals surface area contributed by atoms with Gasteiger partial charge in [-0.05, 0) is 17.2 Å². The van der Waals surface area contributed by atoms with Gasteiger partial charge in [-0.25, -0.2) is 0 Å². The van der Waals surface area contributed by atoms with Crippen LogP contribution in [0.2, 0.25) is 0 Å². The lowest BCUT2D eigenvalue weighted by Gasteiger charge is -2.04. The molecule has 3 rings (SSSR count). The zero-order valence-corrected chi connectivity index (χ0v) is 9.55. The van der Waals surface area contributed by atoms with Crippen LogP contribution in [0.15, 0.2) is 18.2 Å². The standard InChI is InChI=1S/C12H13N3O2/c1-15-11(5-16)13-14-12(15)8-2-3-9-6-17-7-10(9)4-8/h2-4,16H,5-7H2,1H3. The summed E-state index contributed by atoms with van der Waals surface area (Å²) in [5, 5.41) is 17.1. The van der Waals surface area contributed by atoms with Crippen LogP contribution < -0.4 is 0 Å². The molecule has 17 heavy (non-hydrogen) atoms. The highest BCUT2D eigenvalue weighted by atomic mass is 16.5. The Balaban J connectivity index is 2.06. The molecular formula is C12H13N3O2. The van der Waals surface area contributed by atoms with Crippen molar-refractivity contribution in [3.63, 3.8) is 0 Å². The van der Waals surface area contributed by atoms with Gasteiger partial charge in [0.25, 0.3) is 0 Å². The number of ether oxygens (including phenoxy) is 1. The van der Waals surface area contributed by atoms with Crippen LogP contribution in [0.3, 0.4) is 0 Å². The van der Waals surface area contributed by atoms with Crippen molar-refractivity contribution in [1.82, 2.24) is 14.8 Å². The predicted molar refractivity (Wildman–Crippen MR) is 60.9 cm³/mol. The maximum absolute atomic E-state index is 9.09. The molecular weight excluding hydrogens is 218 g/mol. The number of aromatic nitrogens is 3. The normalized spacial score (nSPS) is 14.0. The molecule has 2 aromatic rings. The van der Waals surface area contributed by atoms with Crippen molar-refractivity contribution in [1.29, 1.82) is 0 Å². The van der Waals surface area contributed by atoms with Gasteiger partial charge in [0.2, 0.25) is 0 Å². The Labute approximate surface area is 98.7 Å². The van der Waals surface area contributed by atoms with E-state index in [2.05, 4.69) is 22.3 Å². The molecule has 1 aliphatic rings. The number of aliphatic hydroxyl groups is 1. The fraction of sp³-hybridized carbons (Fsp3) is 0.333. The molecule has 0 saturated heterocycles. The molecule has 2 heterocycles. The van der Waals surface area contributed by atoms with Crippen molar-refractivity contribution < 1.29 is 9.84 Å². The van der Waals surface area contributed by atoms with Crippen LogP contribution in [0.4, 0.5) is 0 Å². The highest BCUT2D eigenvalue weighted by Crippen LogP contribution is 2.25. The van der Waals surface area contributed by atoms with E-state index in [0.29, 0.717) is 19.0 Å². The molecule has 0 atom stereocenters. The summed E-state index contributed by atoms with van der Waals surface area (Å²) >= 11 is 0. The molecule has 0 fully saturated rings. The van der Waals surface area contributed by atoms with E-state index >= 15 is 0 Å². The molecule has 1 aliphatic heterocycles. The Morgan fingerprint density at radius 1 is 1.29 bits per heavy atom. The first-order valence-electron chi connectivity index (χ1n) is 5.48. The molecule has 0 aliphatic carbocycles. The topological polar surface area (TPSA) is 60.2 Å².